The maximum absolute atomic E-state index is 11.5. The molecule has 16 heavy (non-hydrogen) atoms. The fourth-order valence-electron chi connectivity index (χ4n) is 2.53. The Morgan fingerprint density at radius 2 is 2.06 bits per heavy atom. The van der Waals surface area contributed by atoms with E-state index in [1.807, 2.05) is 0 Å². The summed E-state index contributed by atoms with van der Waals surface area (Å²) in [4.78, 5) is 0. The van der Waals surface area contributed by atoms with E-state index in [1.165, 1.54) is 19.1 Å². The van der Waals surface area contributed by atoms with Gasteiger partial charge >= 0.3 is 0 Å². The first-order valence-electron chi connectivity index (χ1n) is 6.18. The number of hydrogen-bond acceptors (Lipinski definition) is 3. The molecular weight excluding hydrogens is 224 g/mol. The molecule has 1 unspecified atom stereocenters. The molecule has 0 amide bonds. The van der Waals surface area contributed by atoms with Crippen molar-refractivity contribution in [3.05, 3.63) is 0 Å². The number of nitrogens with one attached hydrogen (secondary N) is 1. The highest BCUT2D eigenvalue weighted by Gasteiger charge is 2.33. The van der Waals surface area contributed by atoms with Crippen LogP contribution in [0.2, 0.25) is 0 Å². The summed E-state index contributed by atoms with van der Waals surface area (Å²) in [6.07, 6.45) is 5.97. The summed E-state index contributed by atoms with van der Waals surface area (Å²) in [5.74, 6) is 0.827. The second-order valence-corrected chi connectivity index (χ2v) is 7.14. The molecule has 5 heteroatoms. The van der Waals surface area contributed by atoms with Crippen LogP contribution in [0, 0.1) is 5.92 Å². The van der Waals surface area contributed by atoms with Crippen molar-refractivity contribution in [1.29, 1.82) is 0 Å². The summed E-state index contributed by atoms with van der Waals surface area (Å²) in [6.45, 7) is 3.71. The Labute approximate surface area is 98.4 Å². The molecule has 0 aromatic heterocycles. The van der Waals surface area contributed by atoms with Gasteiger partial charge in [0.25, 0.3) is 0 Å². The number of nitrogens with zero attached hydrogens (tertiary/aromatic N) is 1. The Morgan fingerprint density at radius 3 is 2.62 bits per heavy atom. The maximum atomic E-state index is 11.5. The molecule has 1 heterocycles. The summed E-state index contributed by atoms with van der Waals surface area (Å²) in [5.41, 5.74) is 0. The topological polar surface area (TPSA) is 49.4 Å². The van der Waals surface area contributed by atoms with E-state index in [0.29, 0.717) is 12.6 Å². The highest BCUT2D eigenvalue weighted by molar-refractivity contribution is 7.88. The van der Waals surface area contributed by atoms with Gasteiger partial charge < -0.3 is 5.32 Å². The first-order chi connectivity index (χ1) is 7.48. The van der Waals surface area contributed by atoms with E-state index in [2.05, 4.69) is 12.2 Å². The summed E-state index contributed by atoms with van der Waals surface area (Å²) in [7, 11) is -3.01. The molecule has 0 radical (unpaired) electrons. The molecule has 0 bridgehead atoms. The summed E-state index contributed by atoms with van der Waals surface area (Å²) >= 11 is 0. The van der Waals surface area contributed by atoms with Gasteiger partial charge in [-0.3, -0.25) is 0 Å². The average molecular weight is 246 g/mol. The van der Waals surface area contributed by atoms with Gasteiger partial charge in [0.05, 0.1) is 6.26 Å². The summed E-state index contributed by atoms with van der Waals surface area (Å²) in [6, 6.07) is 0.721. The molecule has 0 aromatic rings. The van der Waals surface area contributed by atoms with Crippen LogP contribution < -0.4 is 5.32 Å². The second kappa shape index (κ2) is 4.63. The van der Waals surface area contributed by atoms with E-state index in [0.717, 1.165) is 25.3 Å². The van der Waals surface area contributed by atoms with Crippen molar-refractivity contribution in [3.8, 4) is 0 Å². The molecule has 2 atom stereocenters. The Kier molecular flexibility index (Phi) is 3.56. The zero-order chi connectivity index (χ0) is 11.8. The smallest absolute Gasteiger partial charge is 0.211 e. The summed E-state index contributed by atoms with van der Waals surface area (Å²) in [5, 5.41) is 3.48. The third-order valence-electron chi connectivity index (χ3n) is 3.75. The lowest BCUT2D eigenvalue weighted by Crippen LogP contribution is -2.43. The molecule has 0 spiro atoms. The highest BCUT2D eigenvalue weighted by Crippen LogP contribution is 2.32. The average Bonchev–Trinajstić information content (AvgIpc) is 2.91. The van der Waals surface area contributed by atoms with Gasteiger partial charge in [0.2, 0.25) is 10.0 Å². The number of rotatable bonds is 5. The van der Waals surface area contributed by atoms with Crippen LogP contribution in [0.1, 0.15) is 32.6 Å². The minimum Gasteiger partial charge on any atom is -0.312 e. The third-order valence-corrected chi connectivity index (χ3v) is 5.09. The van der Waals surface area contributed by atoms with Gasteiger partial charge in [0.1, 0.15) is 0 Å². The first-order valence-corrected chi connectivity index (χ1v) is 8.03. The van der Waals surface area contributed by atoms with Crippen LogP contribution in [0.4, 0.5) is 0 Å². The first kappa shape index (κ1) is 12.3. The van der Waals surface area contributed by atoms with Gasteiger partial charge in [0, 0.05) is 25.2 Å². The lowest BCUT2D eigenvalue weighted by molar-refractivity contribution is 0.354. The zero-order valence-corrected chi connectivity index (χ0v) is 11.0. The molecule has 0 aromatic carbocycles. The van der Waals surface area contributed by atoms with Crippen molar-refractivity contribution >= 4 is 10.0 Å². The molecule has 94 valence electrons. The normalized spacial score (nSPS) is 29.5. The van der Waals surface area contributed by atoms with Gasteiger partial charge in [-0.05, 0) is 38.5 Å². The molecule has 2 fully saturated rings. The third kappa shape index (κ3) is 2.96. The van der Waals surface area contributed by atoms with Crippen LogP contribution in [0.5, 0.6) is 0 Å². The molecule has 1 saturated heterocycles. The molecule has 1 aliphatic heterocycles. The predicted octanol–water partition coefficient (Wildman–Crippen LogP) is 0.798. The molecule has 2 aliphatic rings. The minimum atomic E-state index is -3.01. The number of hydrogen-bond donors (Lipinski definition) is 1. The Balaban J connectivity index is 1.83. The SMILES string of the molecule is CC(NC[C@H]1CCCN1S(C)(=O)=O)C1CC1. The predicted molar refractivity (Wildman–Crippen MR) is 64.8 cm³/mol. The van der Waals surface area contributed by atoms with Crippen LogP contribution in [0.25, 0.3) is 0 Å². The molecule has 1 aliphatic carbocycles. The van der Waals surface area contributed by atoms with Gasteiger partial charge in [0.15, 0.2) is 0 Å². The van der Waals surface area contributed by atoms with E-state index in [4.69, 9.17) is 0 Å². The minimum absolute atomic E-state index is 0.177. The maximum Gasteiger partial charge on any atom is 0.211 e. The van der Waals surface area contributed by atoms with Crippen molar-refractivity contribution in [2.45, 2.75) is 44.7 Å². The van der Waals surface area contributed by atoms with E-state index in [-0.39, 0.29) is 6.04 Å². The fourth-order valence-corrected chi connectivity index (χ4v) is 3.72. The second-order valence-electron chi connectivity index (χ2n) is 5.20. The Bertz CT molecular complexity index is 338. The van der Waals surface area contributed by atoms with Crippen LogP contribution >= 0.6 is 0 Å². The van der Waals surface area contributed by atoms with Gasteiger partial charge in [-0.25, -0.2) is 8.42 Å². The van der Waals surface area contributed by atoms with E-state index in [1.54, 1.807) is 4.31 Å². The van der Waals surface area contributed by atoms with Gasteiger partial charge in [-0.1, -0.05) is 0 Å². The molecular formula is C11H22N2O2S. The van der Waals surface area contributed by atoms with Crippen LogP contribution in [-0.4, -0.2) is 44.2 Å². The molecule has 1 N–H and O–H groups in total. The van der Waals surface area contributed by atoms with Gasteiger partial charge in [-0.15, -0.1) is 0 Å². The van der Waals surface area contributed by atoms with Crippen LogP contribution in [-0.2, 0) is 10.0 Å². The van der Waals surface area contributed by atoms with E-state index in [9.17, 15) is 8.42 Å². The Hall–Kier alpha value is -0.130. The quantitative estimate of drug-likeness (QED) is 0.780. The van der Waals surface area contributed by atoms with Crippen molar-refractivity contribution in [3.63, 3.8) is 0 Å². The van der Waals surface area contributed by atoms with Crippen molar-refractivity contribution in [1.82, 2.24) is 9.62 Å². The Morgan fingerprint density at radius 1 is 1.38 bits per heavy atom. The van der Waals surface area contributed by atoms with E-state index < -0.39 is 10.0 Å². The van der Waals surface area contributed by atoms with Crippen LogP contribution in [0.15, 0.2) is 0 Å². The molecule has 2 rings (SSSR count). The fraction of sp³-hybridized carbons (Fsp3) is 1.00. The lowest BCUT2D eigenvalue weighted by atomic mass is 10.2. The van der Waals surface area contributed by atoms with Crippen molar-refractivity contribution in [2.75, 3.05) is 19.3 Å². The summed E-state index contributed by atoms with van der Waals surface area (Å²) < 4.78 is 24.7. The highest BCUT2D eigenvalue weighted by atomic mass is 32.2. The monoisotopic (exact) mass is 246 g/mol. The van der Waals surface area contributed by atoms with Crippen molar-refractivity contribution in [2.24, 2.45) is 5.92 Å². The zero-order valence-electron chi connectivity index (χ0n) is 10.1. The lowest BCUT2D eigenvalue weighted by Gasteiger charge is -2.24. The largest absolute Gasteiger partial charge is 0.312 e. The van der Waals surface area contributed by atoms with Crippen molar-refractivity contribution < 1.29 is 8.42 Å². The number of sulfonamides is 1. The molecule has 1 saturated carbocycles. The van der Waals surface area contributed by atoms with Crippen LogP contribution in [0.3, 0.4) is 0 Å². The molecule has 4 nitrogen and oxygen atoms in total. The van der Waals surface area contributed by atoms with E-state index >= 15 is 0 Å². The standard InChI is InChI=1S/C11H22N2O2S/c1-9(10-5-6-10)12-8-11-4-3-7-13(11)16(2,14)15/h9-12H,3-8H2,1-2H3/t9?,11-/m1/s1. The van der Waals surface area contributed by atoms with Gasteiger partial charge in [-0.2, -0.15) is 4.31 Å².